The lowest BCUT2D eigenvalue weighted by molar-refractivity contribution is 0.0974. The summed E-state index contributed by atoms with van der Waals surface area (Å²) >= 11 is 0. The number of ketones is 2. The summed E-state index contributed by atoms with van der Waals surface area (Å²) in [6.07, 6.45) is 0.205. The van der Waals surface area contributed by atoms with Gasteiger partial charge in [-0.15, -0.1) is 0 Å². The summed E-state index contributed by atoms with van der Waals surface area (Å²) in [5, 5.41) is 30.7. The predicted molar refractivity (Wildman–Crippen MR) is 102 cm³/mol. The van der Waals surface area contributed by atoms with E-state index < -0.39 is 11.6 Å². The van der Waals surface area contributed by atoms with Gasteiger partial charge in [-0.25, -0.2) is 0 Å². The lowest BCUT2D eigenvalue weighted by Crippen LogP contribution is -2.22. The van der Waals surface area contributed by atoms with Crippen molar-refractivity contribution < 1.29 is 19.8 Å². The number of rotatable bonds is 2. The fraction of sp³-hybridized carbons (Fsp3) is 0.0870. The first-order chi connectivity index (χ1) is 13.4. The number of fused-ring (bicyclic) bond motifs is 2. The lowest BCUT2D eigenvalue weighted by Gasteiger charge is -2.23. The average molecular weight is 369 g/mol. The Morgan fingerprint density at radius 2 is 1.50 bits per heavy atom. The van der Waals surface area contributed by atoms with Crippen molar-refractivity contribution >= 4 is 11.6 Å². The van der Waals surface area contributed by atoms with Crippen LogP contribution in [0.5, 0.6) is 11.5 Å². The van der Waals surface area contributed by atoms with Crippen LogP contribution in [0.1, 0.15) is 54.1 Å². The van der Waals surface area contributed by atoms with Crippen molar-refractivity contribution in [1.29, 1.82) is 5.26 Å². The fourth-order valence-electron chi connectivity index (χ4n) is 3.66. The largest absolute Gasteiger partial charge is 0.507 e. The highest BCUT2D eigenvalue weighted by atomic mass is 16.3. The number of nitriles is 1. The zero-order valence-corrected chi connectivity index (χ0v) is 15.0. The number of hydrogen-bond donors (Lipinski definition) is 2. The molecule has 28 heavy (non-hydrogen) atoms. The second-order valence-corrected chi connectivity index (χ2v) is 6.74. The molecular formula is C23H15NO4. The van der Waals surface area contributed by atoms with Gasteiger partial charge in [-0.1, -0.05) is 36.4 Å². The van der Waals surface area contributed by atoms with Crippen LogP contribution in [-0.4, -0.2) is 21.8 Å². The van der Waals surface area contributed by atoms with Crippen molar-refractivity contribution in [1.82, 2.24) is 0 Å². The molecule has 0 atom stereocenters. The number of phenolic OH excluding ortho intramolecular Hbond substituents is 2. The molecule has 0 heterocycles. The first-order valence-corrected chi connectivity index (χ1v) is 8.68. The SMILES string of the molecule is Cc1c(O)c2c(c(O)c1Cc1cccc(C#N)c1)C(=O)c1ccccc1C2=O. The third-order valence-electron chi connectivity index (χ3n) is 5.12. The molecule has 5 nitrogen and oxygen atoms in total. The monoisotopic (exact) mass is 369 g/mol. The van der Waals surface area contributed by atoms with Crippen molar-refractivity contribution in [2.45, 2.75) is 13.3 Å². The van der Waals surface area contributed by atoms with Gasteiger partial charge >= 0.3 is 0 Å². The molecule has 0 radical (unpaired) electrons. The van der Waals surface area contributed by atoms with Gasteiger partial charge in [-0.05, 0) is 30.2 Å². The van der Waals surface area contributed by atoms with Gasteiger partial charge in [0.15, 0.2) is 11.6 Å². The third kappa shape index (κ3) is 2.47. The minimum atomic E-state index is -0.495. The van der Waals surface area contributed by atoms with Crippen molar-refractivity contribution in [3.8, 4) is 17.6 Å². The van der Waals surface area contributed by atoms with Gasteiger partial charge in [-0.2, -0.15) is 5.26 Å². The highest BCUT2D eigenvalue weighted by molar-refractivity contribution is 6.30. The summed E-state index contributed by atoms with van der Waals surface area (Å²) in [6.45, 7) is 1.59. The van der Waals surface area contributed by atoms with E-state index in [4.69, 9.17) is 5.26 Å². The number of nitrogens with zero attached hydrogens (tertiary/aromatic N) is 1. The minimum Gasteiger partial charge on any atom is -0.507 e. The van der Waals surface area contributed by atoms with Crippen molar-refractivity contribution in [2.75, 3.05) is 0 Å². The molecule has 0 saturated carbocycles. The number of benzene rings is 3. The lowest BCUT2D eigenvalue weighted by atomic mass is 9.80. The number of carbonyl (C=O) groups excluding carboxylic acids is 2. The zero-order chi connectivity index (χ0) is 20.0. The first-order valence-electron chi connectivity index (χ1n) is 8.68. The summed E-state index contributed by atoms with van der Waals surface area (Å²) in [5.74, 6) is -1.59. The second-order valence-electron chi connectivity index (χ2n) is 6.74. The quantitative estimate of drug-likeness (QED) is 0.526. The molecule has 136 valence electrons. The topological polar surface area (TPSA) is 98.4 Å². The van der Waals surface area contributed by atoms with Gasteiger partial charge in [0, 0.05) is 23.1 Å². The molecule has 4 rings (SSSR count). The smallest absolute Gasteiger partial charge is 0.198 e. The van der Waals surface area contributed by atoms with E-state index in [1.165, 1.54) is 12.1 Å². The van der Waals surface area contributed by atoms with E-state index >= 15 is 0 Å². The highest BCUT2D eigenvalue weighted by Gasteiger charge is 2.36. The Balaban J connectivity index is 1.93. The van der Waals surface area contributed by atoms with Crippen LogP contribution in [0.4, 0.5) is 0 Å². The molecule has 0 aliphatic heterocycles. The van der Waals surface area contributed by atoms with E-state index in [1.807, 2.05) is 0 Å². The summed E-state index contributed by atoms with van der Waals surface area (Å²) in [6, 6.07) is 15.3. The molecule has 1 aliphatic carbocycles. The summed E-state index contributed by atoms with van der Waals surface area (Å²) < 4.78 is 0. The minimum absolute atomic E-state index is 0.159. The second kappa shape index (κ2) is 6.36. The van der Waals surface area contributed by atoms with Crippen LogP contribution in [0, 0.1) is 18.3 Å². The van der Waals surface area contributed by atoms with Gasteiger partial charge in [0.2, 0.25) is 0 Å². The summed E-state index contributed by atoms with van der Waals surface area (Å²) in [4.78, 5) is 25.8. The Morgan fingerprint density at radius 3 is 2.11 bits per heavy atom. The Labute approximate surface area is 161 Å². The number of carbonyl (C=O) groups is 2. The molecule has 0 spiro atoms. The third-order valence-corrected chi connectivity index (χ3v) is 5.12. The number of aromatic hydroxyl groups is 2. The Hall–Kier alpha value is -3.91. The molecule has 0 amide bonds. The molecule has 0 aromatic heterocycles. The zero-order valence-electron chi connectivity index (χ0n) is 15.0. The van der Waals surface area contributed by atoms with Crippen LogP contribution >= 0.6 is 0 Å². The van der Waals surface area contributed by atoms with Gasteiger partial charge in [0.25, 0.3) is 0 Å². The van der Waals surface area contributed by atoms with Crippen LogP contribution < -0.4 is 0 Å². The normalized spacial score (nSPS) is 12.3. The van der Waals surface area contributed by atoms with E-state index in [9.17, 15) is 19.8 Å². The fourth-order valence-corrected chi connectivity index (χ4v) is 3.66. The average Bonchev–Trinajstić information content (AvgIpc) is 2.72. The van der Waals surface area contributed by atoms with Crippen LogP contribution in [0.15, 0.2) is 48.5 Å². The van der Waals surface area contributed by atoms with E-state index in [-0.39, 0.29) is 40.2 Å². The standard InChI is InChI=1S/C23H15NO4/c1-12-17(10-13-5-4-6-14(9-13)11-24)23(28)19-18(20(12)25)21(26)15-7-2-3-8-16(15)22(19)27/h2-9,25,28H,10H2,1H3. The van der Waals surface area contributed by atoms with E-state index in [0.717, 1.165) is 5.56 Å². The van der Waals surface area contributed by atoms with E-state index in [2.05, 4.69) is 6.07 Å². The highest BCUT2D eigenvalue weighted by Crippen LogP contribution is 2.43. The summed E-state index contributed by atoms with van der Waals surface area (Å²) in [7, 11) is 0. The summed E-state index contributed by atoms with van der Waals surface area (Å²) in [5.41, 5.74) is 1.99. The Bertz CT molecular complexity index is 1220. The van der Waals surface area contributed by atoms with Gasteiger partial charge in [-0.3, -0.25) is 9.59 Å². The molecule has 2 N–H and O–H groups in total. The van der Waals surface area contributed by atoms with Crippen LogP contribution in [-0.2, 0) is 6.42 Å². The maximum absolute atomic E-state index is 13.0. The Morgan fingerprint density at radius 1 is 0.893 bits per heavy atom. The maximum atomic E-state index is 13.0. The first kappa shape index (κ1) is 17.5. The molecular weight excluding hydrogens is 354 g/mol. The molecule has 0 unspecified atom stereocenters. The van der Waals surface area contributed by atoms with Crippen LogP contribution in [0.2, 0.25) is 0 Å². The van der Waals surface area contributed by atoms with E-state index in [1.54, 1.807) is 43.3 Å². The van der Waals surface area contributed by atoms with Gasteiger partial charge in [0.05, 0.1) is 22.8 Å². The van der Waals surface area contributed by atoms with Gasteiger partial charge < -0.3 is 10.2 Å². The van der Waals surface area contributed by atoms with Crippen LogP contribution in [0.3, 0.4) is 0 Å². The molecule has 3 aromatic carbocycles. The number of hydrogen-bond acceptors (Lipinski definition) is 5. The molecule has 0 fully saturated rings. The molecule has 5 heteroatoms. The maximum Gasteiger partial charge on any atom is 0.198 e. The predicted octanol–water partition coefficient (Wildman–Crippen LogP) is 3.64. The van der Waals surface area contributed by atoms with Crippen molar-refractivity contribution in [3.05, 3.63) is 93.0 Å². The van der Waals surface area contributed by atoms with Crippen molar-refractivity contribution in [3.63, 3.8) is 0 Å². The van der Waals surface area contributed by atoms with Gasteiger partial charge in [0.1, 0.15) is 11.5 Å². The van der Waals surface area contributed by atoms with Crippen LogP contribution in [0.25, 0.3) is 0 Å². The molecule has 0 saturated heterocycles. The van der Waals surface area contributed by atoms with Crippen molar-refractivity contribution in [2.24, 2.45) is 0 Å². The Kier molecular flexibility index (Phi) is 3.98. The molecule has 3 aromatic rings. The number of phenols is 2. The molecule has 1 aliphatic rings. The molecule has 0 bridgehead atoms. The van der Waals surface area contributed by atoms with E-state index in [0.29, 0.717) is 16.7 Å².